The maximum Gasteiger partial charge on any atom is 0.262 e. The molecule has 6 nitrogen and oxygen atoms in total. The Kier molecular flexibility index (Phi) is 6.34. The predicted molar refractivity (Wildman–Crippen MR) is 104 cm³/mol. The minimum atomic E-state index is -0.195. The Morgan fingerprint density at radius 1 is 1.54 bits per heavy atom. The van der Waals surface area contributed by atoms with Gasteiger partial charge in [0.25, 0.3) is 5.56 Å². The van der Waals surface area contributed by atoms with Crippen molar-refractivity contribution in [3.05, 3.63) is 46.2 Å². The van der Waals surface area contributed by atoms with Gasteiger partial charge in [-0.05, 0) is 31.0 Å². The van der Waals surface area contributed by atoms with Gasteiger partial charge in [0.1, 0.15) is 0 Å². The summed E-state index contributed by atoms with van der Waals surface area (Å²) in [5, 5.41) is 4.28. The van der Waals surface area contributed by atoms with E-state index in [9.17, 15) is 9.59 Å². The number of benzene rings is 1. The zero-order valence-corrected chi connectivity index (χ0v) is 15.8. The van der Waals surface area contributed by atoms with Gasteiger partial charge in [0.15, 0.2) is 5.16 Å². The number of ether oxygens (including phenoxy) is 1. The van der Waals surface area contributed by atoms with E-state index in [0.29, 0.717) is 34.2 Å². The molecule has 1 aliphatic rings. The molecule has 1 atom stereocenters. The number of fused-ring (bicyclic) bond motifs is 1. The molecule has 1 amide bonds. The summed E-state index contributed by atoms with van der Waals surface area (Å²) in [5.41, 5.74) is 0.363. The molecule has 1 saturated heterocycles. The van der Waals surface area contributed by atoms with Gasteiger partial charge in [0.2, 0.25) is 5.91 Å². The van der Waals surface area contributed by atoms with Crippen LogP contribution < -0.4 is 10.9 Å². The molecule has 1 aromatic heterocycles. The van der Waals surface area contributed by atoms with Crippen molar-refractivity contribution in [2.24, 2.45) is 0 Å². The third kappa shape index (κ3) is 4.47. The fourth-order valence-corrected chi connectivity index (χ4v) is 3.80. The maximum absolute atomic E-state index is 12.7. The molecule has 0 unspecified atom stereocenters. The van der Waals surface area contributed by atoms with Crippen molar-refractivity contribution in [3.63, 3.8) is 0 Å². The van der Waals surface area contributed by atoms with E-state index in [0.717, 1.165) is 19.4 Å². The van der Waals surface area contributed by atoms with E-state index in [2.05, 4.69) is 16.9 Å². The van der Waals surface area contributed by atoms with Gasteiger partial charge in [-0.1, -0.05) is 29.4 Å². The molecule has 1 aliphatic heterocycles. The van der Waals surface area contributed by atoms with Crippen molar-refractivity contribution >= 4 is 40.2 Å². The number of hydrogen-bond acceptors (Lipinski definition) is 5. The quantitative estimate of drug-likeness (QED) is 0.444. The number of halogens is 1. The first-order valence-electron chi connectivity index (χ1n) is 8.40. The van der Waals surface area contributed by atoms with Crippen LogP contribution >= 0.6 is 23.4 Å². The van der Waals surface area contributed by atoms with E-state index in [-0.39, 0.29) is 23.3 Å². The number of nitrogens with zero attached hydrogens (tertiary/aromatic N) is 2. The summed E-state index contributed by atoms with van der Waals surface area (Å²) < 4.78 is 6.99. The van der Waals surface area contributed by atoms with E-state index in [1.165, 1.54) is 16.3 Å². The summed E-state index contributed by atoms with van der Waals surface area (Å²) in [4.78, 5) is 29.3. The van der Waals surface area contributed by atoms with Gasteiger partial charge in [-0.3, -0.25) is 14.2 Å². The second-order valence-corrected chi connectivity index (χ2v) is 7.37. The molecular formula is C18H20ClN3O3S. The maximum atomic E-state index is 12.7. The summed E-state index contributed by atoms with van der Waals surface area (Å²) in [5.74, 6) is 0.0659. The number of amides is 1. The largest absolute Gasteiger partial charge is 0.376 e. The summed E-state index contributed by atoms with van der Waals surface area (Å²) in [6.07, 6.45) is 3.74. The number of allylic oxidation sites excluding steroid dienone is 1. The van der Waals surface area contributed by atoms with E-state index in [4.69, 9.17) is 16.3 Å². The standard InChI is InChI=1S/C18H20ClN3O3S/c1-2-7-22-17(24)14-9-12(19)5-6-15(14)21-18(22)26-11-16(23)20-10-13-4-3-8-25-13/h2,5-6,9,13H,1,3-4,7-8,10-11H2,(H,20,23)/t13-/m0/s1. The number of hydrogen-bond donors (Lipinski definition) is 1. The molecule has 1 aromatic carbocycles. The Hall–Kier alpha value is -1.83. The van der Waals surface area contributed by atoms with Gasteiger partial charge in [0, 0.05) is 24.7 Å². The SMILES string of the molecule is C=CCn1c(SCC(=O)NC[C@@H]2CCCO2)nc2ccc(Cl)cc2c1=O. The molecule has 0 radical (unpaired) electrons. The zero-order valence-electron chi connectivity index (χ0n) is 14.2. The molecule has 1 N–H and O–H groups in total. The van der Waals surface area contributed by atoms with E-state index >= 15 is 0 Å². The number of carbonyl (C=O) groups is 1. The molecule has 1 fully saturated rings. The molecule has 0 aliphatic carbocycles. The average molecular weight is 394 g/mol. The van der Waals surface area contributed by atoms with Gasteiger partial charge in [-0.2, -0.15) is 0 Å². The zero-order chi connectivity index (χ0) is 18.5. The van der Waals surface area contributed by atoms with Crippen LogP contribution in [-0.2, 0) is 16.1 Å². The lowest BCUT2D eigenvalue weighted by Crippen LogP contribution is -2.33. The Balaban J connectivity index is 1.74. The number of carbonyl (C=O) groups excluding carboxylic acids is 1. The van der Waals surface area contributed by atoms with Crippen LogP contribution in [0.1, 0.15) is 12.8 Å². The van der Waals surface area contributed by atoms with Gasteiger partial charge in [0.05, 0.1) is 22.8 Å². The van der Waals surface area contributed by atoms with Gasteiger partial charge < -0.3 is 10.1 Å². The van der Waals surface area contributed by atoms with Crippen LogP contribution in [0.15, 0.2) is 40.8 Å². The highest BCUT2D eigenvalue weighted by molar-refractivity contribution is 7.99. The normalized spacial score (nSPS) is 16.7. The monoisotopic (exact) mass is 393 g/mol. The molecule has 2 aromatic rings. The van der Waals surface area contributed by atoms with Crippen LogP contribution in [-0.4, -0.2) is 40.5 Å². The lowest BCUT2D eigenvalue weighted by molar-refractivity contribution is -0.119. The van der Waals surface area contributed by atoms with Crippen molar-refractivity contribution < 1.29 is 9.53 Å². The molecule has 138 valence electrons. The van der Waals surface area contributed by atoms with E-state index < -0.39 is 0 Å². The first kappa shape index (κ1) is 18.9. The highest BCUT2D eigenvalue weighted by atomic mass is 35.5. The summed E-state index contributed by atoms with van der Waals surface area (Å²) >= 11 is 7.22. The van der Waals surface area contributed by atoms with Gasteiger partial charge >= 0.3 is 0 Å². The van der Waals surface area contributed by atoms with Crippen LogP contribution in [0, 0.1) is 0 Å². The predicted octanol–water partition coefficient (Wildman–Crippen LogP) is 2.62. The lowest BCUT2D eigenvalue weighted by atomic mass is 10.2. The number of aromatic nitrogens is 2. The minimum Gasteiger partial charge on any atom is -0.376 e. The Bertz CT molecular complexity index is 878. The van der Waals surface area contributed by atoms with Crippen LogP contribution in [0.3, 0.4) is 0 Å². The van der Waals surface area contributed by atoms with Crippen LogP contribution in [0.25, 0.3) is 10.9 Å². The topological polar surface area (TPSA) is 73.2 Å². The first-order chi connectivity index (χ1) is 12.6. The van der Waals surface area contributed by atoms with Gasteiger partial charge in [-0.15, -0.1) is 6.58 Å². The van der Waals surface area contributed by atoms with Crippen molar-refractivity contribution in [2.75, 3.05) is 18.9 Å². The summed E-state index contributed by atoms with van der Waals surface area (Å²) in [7, 11) is 0. The second kappa shape index (κ2) is 8.70. The number of nitrogens with one attached hydrogen (secondary N) is 1. The molecule has 26 heavy (non-hydrogen) atoms. The molecule has 0 spiro atoms. The minimum absolute atomic E-state index is 0.103. The smallest absolute Gasteiger partial charge is 0.262 e. The average Bonchev–Trinajstić information content (AvgIpc) is 3.15. The molecule has 0 saturated carbocycles. The van der Waals surface area contributed by atoms with Crippen molar-refractivity contribution in [1.82, 2.24) is 14.9 Å². The lowest BCUT2D eigenvalue weighted by Gasteiger charge is -2.13. The van der Waals surface area contributed by atoms with Crippen molar-refractivity contribution in [2.45, 2.75) is 30.6 Å². The highest BCUT2D eigenvalue weighted by Crippen LogP contribution is 2.20. The second-order valence-electron chi connectivity index (χ2n) is 5.99. The number of rotatable bonds is 7. The van der Waals surface area contributed by atoms with Gasteiger partial charge in [-0.25, -0.2) is 4.98 Å². The van der Waals surface area contributed by atoms with Crippen LogP contribution in [0.5, 0.6) is 0 Å². The molecular weight excluding hydrogens is 374 g/mol. The summed E-state index contributed by atoms with van der Waals surface area (Å²) in [6, 6.07) is 5.00. The molecule has 3 rings (SSSR count). The van der Waals surface area contributed by atoms with E-state index in [1.54, 1.807) is 24.3 Å². The van der Waals surface area contributed by atoms with Crippen molar-refractivity contribution in [3.8, 4) is 0 Å². The molecule has 2 heterocycles. The first-order valence-corrected chi connectivity index (χ1v) is 9.77. The fourth-order valence-electron chi connectivity index (χ4n) is 2.79. The summed E-state index contributed by atoms with van der Waals surface area (Å²) in [6.45, 7) is 5.28. The van der Waals surface area contributed by atoms with E-state index in [1.807, 2.05) is 0 Å². The molecule has 0 bridgehead atoms. The third-order valence-electron chi connectivity index (χ3n) is 4.08. The van der Waals surface area contributed by atoms with Crippen LogP contribution in [0.2, 0.25) is 5.02 Å². The Labute approximate surface area is 160 Å². The fraction of sp³-hybridized carbons (Fsp3) is 0.389. The van der Waals surface area contributed by atoms with Crippen LogP contribution in [0.4, 0.5) is 0 Å². The Morgan fingerprint density at radius 2 is 2.38 bits per heavy atom. The molecule has 8 heteroatoms. The highest BCUT2D eigenvalue weighted by Gasteiger charge is 2.17. The number of thioether (sulfide) groups is 1. The Morgan fingerprint density at radius 3 is 3.12 bits per heavy atom. The third-order valence-corrected chi connectivity index (χ3v) is 5.29. The van der Waals surface area contributed by atoms with Crippen molar-refractivity contribution in [1.29, 1.82) is 0 Å².